The first-order chi connectivity index (χ1) is 11.6. The van der Waals surface area contributed by atoms with E-state index in [2.05, 4.69) is 10.6 Å². The number of hydrogen-bond donors (Lipinski definition) is 2. The summed E-state index contributed by atoms with van der Waals surface area (Å²) in [6.45, 7) is 1.19. The Morgan fingerprint density at radius 2 is 1.83 bits per heavy atom. The molecule has 2 rings (SSSR count). The number of methoxy groups -OCH3 is 2. The van der Waals surface area contributed by atoms with Crippen molar-refractivity contribution in [2.75, 3.05) is 26.1 Å². The maximum absolute atomic E-state index is 12.0. The van der Waals surface area contributed by atoms with Gasteiger partial charge in [0.05, 0.1) is 14.2 Å². The van der Waals surface area contributed by atoms with E-state index in [0.717, 1.165) is 10.6 Å². The fourth-order valence-corrected chi connectivity index (χ4v) is 2.41. The van der Waals surface area contributed by atoms with Gasteiger partial charge in [0.25, 0.3) is 0 Å². The minimum atomic E-state index is -0.0751. The van der Waals surface area contributed by atoms with E-state index in [4.69, 9.17) is 21.1 Å². The van der Waals surface area contributed by atoms with E-state index in [-0.39, 0.29) is 5.91 Å². The summed E-state index contributed by atoms with van der Waals surface area (Å²) in [6.07, 6.45) is 0.360. The van der Waals surface area contributed by atoms with Crippen molar-refractivity contribution >= 4 is 23.2 Å². The van der Waals surface area contributed by atoms with Crippen LogP contribution in [0.2, 0.25) is 5.02 Å². The zero-order chi connectivity index (χ0) is 17.4. The molecule has 0 aliphatic carbocycles. The molecule has 0 aliphatic rings. The lowest BCUT2D eigenvalue weighted by Crippen LogP contribution is -2.21. The molecule has 0 saturated heterocycles. The van der Waals surface area contributed by atoms with Crippen LogP contribution in [-0.2, 0) is 11.3 Å². The molecular weight excluding hydrogens is 328 g/mol. The van der Waals surface area contributed by atoms with Crippen molar-refractivity contribution in [3.8, 4) is 11.5 Å². The fourth-order valence-electron chi connectivity index (χ4n) is 2.20. The molecule has 128 valence electrons. The summed E-state index contributed by atoms with van der Waals surface area (Å²) < 4.78 is 10.4. The molecule has 0 radical (unpaired) electrons. The molecule has 2 N–H and O–H groups in total. The maximum Gasteiger partial charge on any atom is 0.225 e. The maximum atomic E-state index is 12.0. The molecule has 0 aliphatic heterocycles. The molecule has 24 heavy (non-hydrogen) atoms. The molecule has 2 aromatic carbocycles. The minimum absolute atomic E-state index is 0.0751. The number of nitrogens with one attached hydrogen (secondary N) is 2. The van der Waals surface area contributed by atoms with Crippen LogP contribution in [0.1, 0.15) is 12.0 Å². The van der Waals surface area contributed by atoms with Gasteiger partial charge < -0.3 is 20.1 Å². The Bertz CT molecular complexity index is 692. The number of ether oxygens (including phenoxy) is 2. The van der Waals surface area contributed by atoms with Gasteiger partial charge in [-0.3, -0.25) is 4.79 Å². The summed E-state index contributed by atoms with van der Waals surface area (Å²) >= 11 is 6.08. The van der Waals surface area contributed by atoms with Gasteiger partial charge in [-0.2, -0.15) is 0 Å². The van der Waals surface area contributed by atoms with Gasteiger partial charge in [-0.25, -0.2) is 0 Å². The second-order valence-corrected chi connectivity index (χ2v) is 5.54. The molecular formula is C18H21ClN2O3. The van der Waals surface area contributed by atoms with Crippen LogP contribution in [0.4, 0.5) is 5.69 Å². The van der Waals surface area contributed by atoms with Gasteiger partial charge in [0, 0.05) is 36.3 Å². The van der Waals surface area contributed by atoms with Crippen molar-refractivity contribution in [3.63, 3.8) is 0 Å². The second kappa shape index (κ2) is 9.15. The molecule has 0 spiro atoms. The van der Waals surface area contributed by atoms with E-state index < -0.39 is 0 Å². The number of hydrogen-bond acceptors (Lipinski definition) is 4. The summed E-state index contributed by atoms with van der Waals surface area (Å²) in [4.78, 5) is 12.0. The summed E-state index contributed by atoms with van der Waals surface area (Å²) in [5, 5.41) is 6.77. The summed E-state index contributed by atoms with van der Waals surface area (Å²) in [7, 11) is 3.13. The molecule has 5 nitrogen and oxygen atoms in total. The van der Waals surface area contributed by atoms with E-state index in [9.17, 15) is 4.79 Å². The number of carbonyl (C=O) groups is 1. The number of anilines is 1. The molecule has 1 amide bonds. The Labute approximate surface area is 146 Å². The summed E-state index contributed by atoms with van der Waals surface area (Å²) in [5.74, 6) is 1.12. The number of amides is 1. The van der Waals surface area contributed by atoms with Crippen molar-refractivity contribution < 1.29 is 14.3 Å². The predicted molar refractivity (Wildman–Crippen MR) is 96.0 cm³/mol. The topological polar surface area (TPSA) is 59.6 Å². The Kier molecular flexibility index (Phi) is 6.90. The lowest BCUT2D eigenvalue weighted by atomic mass is 10.2. The molecule has 0 aromatic heterocycles. The highest BCUT2D eigenvalue weighted by Crippen LogP contribution is 2.29. The normalized spacial score (nSPS) is 10.3. The number of benzene rings is 2. The molecule has 2 aromatic rings. The van der Waals surface area contributed by atoms with Crippen LogP contribution < -0.4 is 20.1 Å². The van der Waals surface area contributed by atoms with Crippen molar-refractivity contribution in [1.29, 1.82) is 0 Å². The average Bonchev–Trinajstić information content (AvgIpc) is 2.60. The van der Waals surface area contributed by atoms with Gasteiger partial charge in [0.15, 0.2) is 11.5 Å². The Morgan fingerprint density at radius 1 is 1.08 bits per heavy atom. The second-order valence-electron chi connectivity index (χ2n) is 5.14. The number of carbonyl (C=O) groups excluding carboxylic acids is 1. The van der Waals surface area contributed by atoms with Crippen molar-refractivity contribution in [2.24, 2.45) is 0 Å². The van der Waals surface area contributed by atoms with Gasteiger partial charge in [-0.1, -0.05) is 29.8 Å². The monoisotopic (exact) mass is 348 g/mol. The molecule has 0 bridgehead atoms. The molecule has 0 saturated carbocycles. The standard InChI is InChI=1S/C18H21ClN2O3/c1-23-16-8-7-14(11-17(16)24-2)21-18(22)9-10-20-12-13-5-3-4-6-15(13)19/h3-8,11,20H,9-10,12H2,1-2H3,(H,21,22). The Morgan fingerprint density at radius 3 is 2.54 bits per heavy atom. The van der Waals surface area contributed by atoms with Crippen LogP contribution in [0.25, 0.3) is 0 Å². The highest BCUT2D eigenvalue weighted by Gasteiger charge is 2.07. The van der Waals surface area contributed by atoms with Crippen LogP contribution in [0.5, 0.6) is 11.5 Å². The van der Waals surface area contributed by atoms with Crippen LogP contribution in [0, 0.1) is 0 Å². The third kappa shape index (κ3) is 5.15. The largest absolute Gasteiger partial charge is 0.493 e. The van der Waals surface area contributed by atoms with Crippen LogP contribution in [0.3, 0.4) is 0 Å². The van der Waals surface area contributed by atoms with Gasteiger partial charge in [-0.15, -0.1) is 0 Å². The lowest BCUT2D eigenvalue weighted by molar-refractivity contribution is -0.116. The third-order valence-corrected chi connectivity index (χ3v) is 3.84. The first-order valence-corrected chi connectivity index (χ1v) is 7.98. The number of rotatable bonds is 8. The van der Waals surface area contributed by atoms with Crippen LogP contribution in [-0.4, -0.2) is 26.7 Å². The number of halogens is 1. The smallest absolute Gasteiger partial charge is 0.225 e. The van der Waals surface area contributed by atoms with Crippen LogP contribution in [0.15, 0.2) is 42.5 Å². The fraction of sp³-hybridized carbons (Fsp3) is 0.278. The van der Waals surface area contributed by atoms with E-state index in [1.54, 1.807) is 32.4 Å². The Hall–Kier alpha value is -2.24. The zero-order valence-corrected chi connectivity index (χ0v) is 14.5. The molecule has 0 fully saturated rings. The lowest BCUT2D eigenvalue weighted by Gasteiger charge is -2.11. The quantitative estimate of drug-likeness (QED) is 0.717. The van der Waals surface area contributed by atoms with E-state index in [0.29, 0.717) is 36.7 Å². The van der Waals surface area contributed by atoms with E-state index in [1.165, 1.54) is 0 Å². The molecule has 6 heteroatoms. The average molecular weight is 349 g/mol. The summed E-state index contributed by atoms with van der Waals surface area (Å²) in [6, 6.07) is 12.9. The summed E-state index contributed by atoms with van der Waals surface area (Å²) in [5.41, 5.74) is 1.68. The van der Waals surface area contributed by atoms with Gasteiger partial charge in [0.2, 0.25) is 5.91 Å². The van der Waals surface area contributed by atoms with Crippen molar-refractivity contribution in [1.82, 2.24) is 5.32 Å². The zero-order valence-electron chi connectivity index (χ0n) is 13.8. The van der Waals surface area contributed by atoms with Gasteiger partial charge >= 0.3 is 0 Å². The Balaban J connectivity index is 1.78. The van der Waals surface area contributed by atoms with Crippen LogP contribution >= 0.6 is 11.6 Å². The molecule has 0 unspecified atom stereocenters. The van der Waals surface area contributed by atoms with Crippen molar-refractivity contribution in [2.45, 2.75) is 13.0 Å². The third-order valence-electron chi connectivity index (χ3n) is 3.47. The SMILES string of the molecule is COc1ccc(NC(=O)CCNCc2ccccc2Cl)cc1OC. The highest BCUT2D eigenvalue weighted by atomic mass is 35.5. The minimum Gasteiger partial charge on any atom is -0.493 e. The van der Waals surface area contributed by atoms with Gasteiger partial charge in [0.1, 0.15) is 0 Å². The predicted octanol–water partition coefficient (Wildman–Crippen LogP) is 3.48. The molecule has 0 heterocycles. The van der Waals surface area contributed by atoms with Gasteiger partial charge in [-0.05, 0) is 23.8 Å². The first-order valence-electron chi connectivity index (χ1n) is 7.60. The first kappa shape index (κ1) is 18.1. The van der Waals surface area contributed by atoms with Crippen molar-refractivity contribution in [3.05, 3.63) is 53.1 Å². The van der Waals surface area contributed by atoms with E-state index in [1.807, 2.05) is 24.3 Å². The molecule has 0 atom stereocenters. The highest BCUT2D eigenvalue weighted by molar-refractivity contribution is 6.31. The van der Waals surface area contributed by atoms with E-state index >= 15 is 0 Å².